The van der Waals surface area contributed by atoms with Gasteiger partial charge in [0.25, 0.3) is 0 Å². The van der Waals surface area contributed by atoms with E-state index in [0.717, 1.165) is 11.3 Å². The molecular formula is C20H25NO3. The molecule has 24 heavy (non-hydrogen) atoms. The summed E-state index contributed by atoms with van der Waals surface area (Å²) in [5.74, 6) is 0.390. The molecule has 0 aliphatic rings. The number of hydrogen-bond donors (Lipinski definition) is 1. The zero-order valence-electron chi connectivity index (χ0n) is 14.5. The summed E-state index contributed by atoms with van der Waals surface area (Å²) in [6, 6.07) is 16.5. The fourth-order valence-electron chi connectivity index (χ4n) is 2.56. The first-order valence-corrected chi connectivity index (χ1v) is 8.20. The van der Waals surface area contributed by atoms with E-state index < -0.39 is 5.97 Å². The number of rotatable bonds is 8. The smallest absolute Gasteiger partial charge is 0.317 e. The number of aliphatic carboxylic acids is 1. The van der Waals surface area contributed by atoms with Crippen molar-refractivity contribution in [3.05, 3.63) is 54.1 Å². The molecule has 4 nitrogen and oxygen atoms in total. The summed E-state index contributed by atoms with van der Waals surface area (Å²) >= 11 is 0. The molecule has 0 aliphatic carbocycles. The second kappa shape index (κ2) is 8.50. The molecule has 0 radical (unpaired) electrons. The van der Waals surface area contributed by atoms with Gasteiger partial charge in [0, 0.05) is 6.54 Å². The minimum absolute atomic E-state index is 0.0212. The summed E-state index contributed by atoms with van der Waals surface area (Å²) in [4.78, 5) is 12.4. The molecule has 0 spiro atoms. The molecule has 128 valence electrons. The minimum Gasteiger partial charge on any atom is -0.492 e. The van der Waals surface area contributed by atoms with Crippen molar-refractivity contribution in [2.75, 3.05) is 26.7 Å². The fourth-order valence-corrected chi connectivity index (χ4v) is 2.56. The van der Waals surface area contributed by atoms with Crippen LogP contribution >= 0.6 is 0 Å². The fraction of sp³-hybridized carbons (Fsp3) is 0.350. The Balaban J connectivity index is 2.08. The van der Waals surface area contributed by atoms with Crippen LogP contribution in [0.3, 0.4) is 0 Å². The van der Waals surface area contributed by atoms with Crippen molar-refractivity contribution >= 4 is 5.97 Å². The van der Waals surface area contributed by atoms with E-state index in [0.29, 0.717) is 19.1 Å². The summed E-state index contributed by atoms with van der Waals surface area (Å²) in [6.45, 7) is 5.35. The Hall–Kier alpha value is -2.33. The third kappa shape index (κ3) is 5.10. The van der Waals surface area contributed by atoms with Gasteiger partial charge in [-0.15, -0.1) is 0 Å². The van der Waals surface area contributed by atoms with Crippen LogP contribution in [-0.2, 0) is 4.79 Å². The highest BCUT2D eigenvalue weighted by atomic mass is 16.5. The molecule has 0 aliphatic heterocycles. The second-order valence-corrected chi connectivity index (χ2v) is 6.25. The van der Waals surface area contributed by atoms with Crippen molar-refractivity contribution in [2.24, 2.45) is 0 Å². The van der Waals surface area contributed by atoms with Crippen LogP contribution in [0.5, 0.6) is 5.75 Å². The molecule has 4 heteroatoms. The lowest BCUT2D eigenvalue weighted by molar-refractivity contribution is -0.138. The molecule has 0 unspecified atom stereocenters. The Morgan fingerprint density at radius 3 is 2.46 bits per heavy atom. The lowest BCUT2D eigenvalue weighted by atomic mass is 9.96. The van der Waals surface area contributed by atoms with Gasteiger partial charge in [-0.25, -0.2) is 0 Å². The monoisotopic (exact) mass is 327 g/mol. The Labute approximate surface area is 143 Å². The van der Waals surface area contributed by atoms with Crippen LogP contribution in [0.25, 0.3) is 11.1 Å². The van der Waals surface area contributed by atoms with Crippen molar-refractivity contribution in [3.8, 4) is 16.9 Å². The van der Waals surface area contributed by atoms with Crippen LogP contribution in [-0.4, -0.2) is 42.7 Å². The van der Waals surface area contributed by atoms with Crippen molar-refractivity contribution in [2.45, 2.75) is 19.8 Å². The van der Waals surface area contributed by atoms with E-state index in [9.17, 15) is 4.79 Å². The predicted octanol–water partition coefficient (Wildman–Crippen LogP) is 3.87. The Kier molecular flexibility index (Phi) is 6.38. The third-order valence-corrected chi connectivity index (χ3v) is 3.87. The number of carboxylic acids is 1. The van der Waals surface area contributed by atoms with E-state index in [2.05, 4.69) is 38.1 Å². The van der Waals surface area contributed by atoms with Gasteiger partial charge >= 0.3 is 5.97 Å². The molecule has 0 atom stereocenters. The van der Waals surface area contributed by atoms with Crippen molar-refractivity contribution in [1.82, 2.24) is 4.90 Å². The first-order chi connectivity index (χ1) is 11.5. The Bertz CT molecular complexity index is 668. The predicted molar refractivity (Wildman–Crippen MR) is 96.6 cm³/mol. The number of ether oxygens (including phenoxy) is 1. The summed E-state index contributed by atoms with van der Waals surface area (Å²) in [5.41, 5.74) is 3.53. The summed E-state index contributed by atoms with van der Waals surface area (Å²) in [6.07, 6.45) is 0. The lowest BCUT2D eigenvalue weighted by Crippen LogP contribution is -2.29. The first-order valence-electron chi connectivity index (χ1n) is 8.20. The van der Waals surface area contributed by atoms with E-state index in [4.69, 9.17) is 9.84 Å². The number of nitrogens with zero attached hydrogens (tertiary/aromatic N) is 1. The van der Waals surface area contributed by atoms with Gasteiger partial charge in [-0.2, -0.15) is 0 Å². The van der Waals surface area contributed by atoms with Gasteiger partial charge in [0.05, 0.1) is 6.54 Å². The maximum absolute atomic E-state index is 10.7. The molecule has 1 N–H and O–H groups in total. The molecular weight excluding hydrogens is 302 g/mol. The lowest BCUT2D eigenvalue weighted by Gasteiger charge is -2.18. The van der Waals surface area contributed by atoms with Gasteiger partial charge in [0.15, 0.2) is 0 Å². The third-order valence-electron chi connectivity index (χ3n) is 3.87. The second-order valence-electron chi connectivity index (χ2n) is 6.25. The normalized spacial score (nSPS) is 11.0. The molecule has 0 aromatic heterocycles. The highest BCUT2D eigenvalue weighted by molar-refractivity contribution is 5.69. The van der Waals surface area contributed by atoms with Crippen LogP contribution in [0.15, 0.2) is 48.5 Å². The van der Waals surface area contributed by atoms with Crippen molar-refractivity contribution in [1.29, 1.82) is 0 Å². The van der Waals surface area contributed by atoms with E-state index in [1.54, 1.807) is 11.9 Å². The number of benzene rings is 2. The summed E-state index contributed by atoms with van der Waals surface area (Å²) in [5, 5.41) is 8.77. The Morgan fingerprint density at radius 1 is 1.12 bits per heavy atom. The van der Waals surface area contributed by atoms with E-state index in [1.165, 1.54) is 11.1 Å². The Morgan fingerprint density at radius 2 is 1.83 bits per heavy atom. The molecule has 0 saturated heterocycles. The van der Waals surface area contributed by atoms with Crippen LogP contribution in [0.2, 0.25) is 0 Å². The van der Waals surface area contributed by atoms with Gasteiger partial charge in [0.2, 0.25) is 0 Å². The summed E-state index contributed by atoms with van der Waals surface area (Å²) < 4.78 is 5.91. The van der Waals surface area contributed by atoms with Gasteiger partial charge in [0.1, 0.15) is 12.4 Å². The zero-order chi connectivity index (χ0) is 17.5. The van der Waals surface area contributed by atoms with Crippen molar-refractivity contribution < 1.29 is 14.6 Å². The molecule has 2 rings (SSSR count). The standard InChI is InChI=1S/C20H25NO3/c1-15(2)18-13-17(16-7-5-4-6-8-16)9-10-19(18)24-12-11-21(3)14-20(22)23/h4-10,13,15H,11-12,14H2,1-3H3,(H,22,23). The highest BCUT2D eigenvalue weighted by Crippen LogP contribution is 2.31. The van der Waals surface area contributed by atoms with Gasteiger partial charge in [-0.1, -0.05) is 50.2 Å². The minimum atomic E-state index is -0.826. The molecule has 2 aromatic rings. The van der Waals surface area contributed by atoms with Gasteiger partial charge in [-0.3, -0.25) is 9.69 Å². The SMILES string of the molecule is CC(C)c1cc(-c2ccccc2)ccc1OCCN(C)CC(=O)O. The average Bonchev–Trinajstić information content (AvgIpc) is 2.55. The van der Waals surface area contributed by atoms with Crippen LogP contribution in [0.4, 0.5) is 0 Å². The molecule has 0 amide bonds. The topological polar surface area (TPSA) is 49.8 Å². The van der Waals surface area contributed by atoms with Crippen LogP contribution in [0, 0.1) is 0 Å². The maximum atomic E-state index is 10.7. The first kappa shape index (κ1) is 18.0. The maximum Gasteiger partial charge on any atom is 0.317 e. The molecule has 0 fully saturated rings. The quantitative estimate of drug-likeness (QED) is 0.799. The highest BCUT2D eigenvalue weighted by Gasteiger charge is 2.11. The summed E-state index contributed by atoms with van der Waals surface area (Å²) in [7, 11) is 1.78. The average molecular weight is 327 g/mol. The van der Waals surface area contributed by atoms with Crippen molar-refractivity contribution in [3.63, 3.8) is 0 Å². The molecule has 0 heterocycles. The van der Waals surface area contributed by atoms with E-state index >= 15 is 0 Å². The van der Waals surface area contributed by atoms with E-state index in [-0.39, 0.29) is 6.54 Å². The number of hydrogen-bond acceptors (Lipinski definition) is 3. The van der Waals surface area contributed by atoms with Gasteiger partial charge in [-0.05, 0) is 41.8 Å². The molecule has 2 aromatic carbocycles. The number of carbonyl (C=O) groups is 1. The number of carboxylic acid groups (broad SMARTS) is 1. The molecule has 0 saturated carbocycles. The van der Waals surface area contributed by atoms with Crippen LogP contribution in [0.1, 0.15) is 25.3 Å². The largest absolute Gasteiger partial charge is 0.492 e. The van der Waals surface area contributed by atoms with E-state index in [1.807, 2.05) is 24.3 Å². The zero-order valence-corrected chi connectivity index (χ0v) is 14.5. The van der Waals surface area contributed by atoms with Crippen LogP contribution < -0.4 is 4.74 Å². The molecule has 0 bridgehead atoms. The number of likely N-dealkylation sites (N-methyl/N-ethyl adjacent to an activating group) is 1. The van der Waals surface area contributed by atoms with Gasteiger partial charge < -0.3 is 9.84 Å².